The summed E-state index contributed by atoms with van der Waals surface area (Å²) in [5.74, 6) is -2.43. The minimum Gasteiger partial charge on any atom is -0.481 e. The lowest BCUT2D eigenvalue weighted by atomic mass is 10.1. The summed E-state index contributed by atoms with van der Waals surface area (Å²) in [6, 6.07) is -1.55. The molecule has 2 unspecified atom stereocenters. The average Bonchev–Trinajstić information content (AvgIpc) is 2.74. The van der Waals surface area contributed by atoms with E-state index < -0.39 is 59.4 Å². The van der Waals surface area contributed by atoms with Crippen molar-refractivity contribution in [2.75, 3.05) is 39.6 Å². The van der Waals surface area contributed by atoms with Crippen LogP contribution in [0, 0.1) is 0 Å². The fraction of sp³-hybridized carbons (Fsp3) is 0.800. The van der Waals surface area contributed by atoms with Gasteiger partial charge in [-0.15, -0.1) is 0 Å². The number of rotatable bonds is 21. The van der Waals surface area contributed by atoms with Gasteiger partial charge in [0.2, 0.25) is 0 Å². The molecule has 0 aromatic heterocycles. The van der Waals surface area contributed by atoms with Crippen LogP contribution >= 0.6 is 0 Å². The van der Waals surface area contributed by atoms with Crippen LogP contribution in [-0.4, -0.2) is 122 Å². The van der Waals surface area contributed by atoms with Crippen molar-refractivity contribution >= 4 is 18.0 Å². The summed E-state index contributed by atoms with van der Waals surface area (Å²) >= 11 is 0. The molecular weight excluding hydrogens is 492 g/mol. The van der Waals surface area contributed by atoms with Crippen molar-refractivity contribution in [3.05, 3.63) is 0 Å². The van der Waals surface area contributed by atoms with Gasteiger partial charge in [0.15, 0.2) is 0 Å². The molecule has 0 aliphatic heterocycles. The molecule has 20 nitrogen and oxygen atoms in total. The molecule has 0 aromatic carbocycles. The van der Waals surface area contributed by atoms with Crippen LogP contribution in [0.2, 0.25) is 0 Å². The minimum absolute atomic E-state index is 0.0595. The molecule has 8 N–H and O–H groups in total. The Morgan fingerprint density at radius 1 is 0.771 bits per heavy atom. The molecule has 0 aliphatic rings. The summed E-state index contributed by atoms with van der Waals surface area (Å²) in [6.07, 6.45) is -2.34. The van der Waals surface area contributed by atoms with E-state index in [9.17, 15) is 14.4 Å². The quantitative estimate of drug-likeness (QED) is 0.0493. The fourth-order valence-corrected chi connectivity index (χ4v) is 2.22. The van der Waals surface area contributed by atoms with Crippen molar-refractivity contribution in [1.82, 2.24) is 21.5 Å². The predicted octanol–water partition coefficient (Wildman–Crippen LogP) is -1.31. The van der Waals surface area contributed by atoms with E-state index in [1.54, 1.807) is 0 Å². The van der Waals surface area contributed by atoms with Gasteiger partial charge in [-0.25, -0.2) is 24.1 Å². The molecule has 35 heavy (non-hydrogen) atoms. The number of amides is 1. The van der Waals surface area contributed by atoms with Gasteiger partial charge in [0.25, 0.3) is 0 Å². The third-order valence-electron chi connectivity index (χ3n) is 3.63. The number of alkyl carbamates (subject to hydrolysis) is 1. The van der Waals surface area contributed by atoms with Gasteiger partial charge < -0.3 is 24.6 Å². The molecule has 0 fully saturated rings. The number of nitrogens with one attached hydrogen (secondary N) is 1. The molecule has 2 atom stereocenters. The molecule has 20 heteroatoms. The predicted molar refractivity (Wildman–Crippen MR) is 99.2 cm³/mol. The van der Waals surface area contributed by atoms with Crippen LogP contribution in [0.5, 0.6) is 0 Å². The summed E-state index contributed by atoms with van der Waals surface area (Å²) in [5.41, 5.74) is 0. The number of ether oxygens (including phenoxy) is 3. The van der Waals surface area contributed by atoms with Crippen LogP contribution < -0.4 is 5.32 Å². The lowest BCUT2D eigenvalue weighted by Crippen LogP contribution is -2.43. The molecule has 0 radical (unpaired) electrons. The van der Waals surface area contributed by atoms with E-state index in [1.165, 1.54) is 0 Å². The van der Waals surface area contributed by atoms with Gasteiger partial charge in [-0.3, -0.25) is 36.0 Å². The van der Waals surface area contributed by atoms with E-state index in [-0.39, 0.29) is 52.3 Å². The second kappa shape index (κ2) is 19.9. The van der Waals surface area contributed by atoms with Gasteiger partial charge in [-0.2, -0.15) is 0 Å². The first kappa shape index (κ1) is 32.7. The van der Waals surface area contributed by atoms with Crippen LogP contribution in [0.25, 0.3) is 0 Å². The Morgan fingerprint density at radius 2 is 1.43 bits per heavy atom. The molecule has 0 aliphatic carbocycles. The van der Waals surface area contributed by atoms with Gasteiger partial charge in [-0.1, -0.05) is 0 Å². The van der Waals surface area contributed by atoms with Crippen molar-refractivity contribution in [2.45, 2.75) is 37.8 Å². The van der Waals surface area contributed by atoms with Gasteiger partial charge in [0.1, 0.15) is 25.4 Å². The summed E-state index contributed by atoms with van der Waals surface area (Å²) in [7, 11) is 0. The van der Waals surface area contributed by atoms with Crippen LogP contribution in [0.15, 0.2) is 0 Å². The highest BCUT2D eigenvalue weighted by atomic mass is 17.1. The van der Waals surface area contributed by atoms with E-state index in [4.69, 9.17) is 50.6 Å². The molecule has 0 rings (SSSR count). The number of hydrogen-bond donors (Lipinski definition) is 8. The first-order valence-electron chi connectivity index (χ1n) is 9.87. The maximum Gasteiger partial charge on any atom is 0.407 e. The van der Waals surface area contributed by atoms with E-state index in [0.29, 0.717) is 0 Å². The highest BCUT2D eigenvalue weighted by Gasteiger charge is 2.26. The van der Waals surface area contributed by atoms with E-state index in [2.05, 4.69) is 19.8 Å². The lowest BCUT2D eigenvalue weighted by molar-refractivity contribution is -0.527. The SMILES string of the molecule is O=C(O)CC(NC(=O)OCCOCCON(O)O)C(=O)OCCCCC(CON(O)O)ON(O)O. The molecule has 0 bridgehead atoms. The fourth-order valence-electron chi connectivity index (χ4n) is 2.22. The summed E-state index contributed by atoms with van der Waals surface area (Å²) in [4.78, 5) is 47.9. The van der Waals surface area contributed by atoms with E-state index in [1.807, 2.05) is 0 Å². The van der Waals surface area contributed by atoms with Crippen LogP contribution in [0.4, 0.5) is 4.79 Å². The Morgan fingerprint density at radius 3 is 2.03 bits per heavy atom. The first-order valence-corrected chi connectivity index (χ1v) is 9.87. The summed E-state index contributed by atoms with van der Waals surface area (Å²) in [5, 5.41) is 60.2. The van der Waals surface area contributed by atoms with Crippen LogP contribution in [0.1, 0.15) is 25.7 Å². The Bertz CT molecular complexity index is 595. The molecule has 0 heterocycles. The van der Waals surface area contributed by atoms with Gasteiger partial charge in [-0.05, 0) is 19.3 Å². The molecule has 1 amide bonds. The zero-order chi connectivity index (χ0) is 26.6. The second-order valence-electron chi connectivity index (χ2n) is 6.32. The third kappa shape index (κ3) is 20.8. The number of nitrogens with zero attached hydrogens (tertiary/aromatic N) is 3. The molecule has 0 saturated carbocycles. The smallest absolute Gasteiger partial charge is 0.407 e. The molecule has 0 saturated heterocycles. The monoisotopic (exact) mass is 522 g/mol. The average molecular weight is 522 g/mol. The molecule has 206 valence electrons. The summed E-state index contributed by atoms with van der Waals surface area (Å²) in [6.45, 7) is -1.29. The number of carbonyl (C=O) groups excluding carboxylic acids is 2. The number of unbranched alkanes of at least 4 members (excludes halogenated alkanes) is 1. The van der Waals surface area contributed by atoms with Crippen molar-refractivity contribution in [1.29, 1.82) is 0 Å². The number of carboxylic acids is 1. The zero-order valence-electron chi connectivity index (χ0n) is 18.4. The largest absolute Gasteiger partial charge is 0.481 e. The Balaban J connectivity index is 4.29. The van der Waals surface area contributed by atoms with Gasteiger partial charge >= 0.3 is 18.0 Å². The normalized spacial score (nSPS) is 13.2. The van der Waals surface area contributed by atoms with Gasteiger partial charge in [0, 0.05) is 0 Å². The topological polar surface area (TPSA) is 270 Å². The van der Waals surface area contributed by atoms with Crippen molar-refractivity contribution in [3.63, 3.8) is 0 Å². The van der Waals surface area contributed by atoms with Crippen molar-refractivity contribution in [3.8, 4) is 0 Å². The Labute approximate surface area is 197 Å². The molecule has 0 aromatic rings. The van der Waals surface area contributed by atoms with Gasteiger partial charge in [0.05, 0.1) is 49.0 Å². The van der Waals surface area contributed by atoms with E-state index >= 15 is 0 Å². The van der Waals surface area contributed by atoms with Crippen LogP contribution in [-0.2, 0) is 38.3 Å². The third-order valence-corrected chi connectivity index (χ3v) is 3.63. The Kier molecular flexibility index (Phi) is 18.6. The molecular formula is C15H30N4O16. The maximum absolute atomic E-state index is 12.1. The minimum atomic E-state index is -1.55. The van der Waals surface area contributed by atoms with Crippen molar-refractivity contribution in [2.24, 2.45) is 0 Å². The van der Waals surface area contributed by atoms with E-state index in [0.717, 1.165) is 0 Å². The number of aliphatic carboxylic acids is 1. The lowest BCUT2D eigenvalue weighted by Gasteiger charge is -2.19. The first-order chi connectivity index (χ1) is 16.5. The second-order valence-corrected chi connectivity index (χ2v) is 6.32. The van der Waals surface area contributed by atoms with Crippen molar-refractivity contribution < 1.29 is 79.5 Å². The maximum atomic E-state index is 12.1. The molecule has 0 spiro atoms. The highest BCUT2D eigenvalue weighted by molar-refractivity contribution is 5.85. The standard InChI is InChI=1S/C15H30N4O16/c20-13(21)9-12(16-15(23)32-7-5-30-6-8-33-17(24)25)14(22)31-4-2-1-3-11(35-19(28)29)10-34-18(26)27/h11-12,24-29H,1-10H2,(H,16,23)(H,20,21). The number of hydrogen-bond acceptors (Lipinski definition) is 18. The highest BCUT2D eigenvalue weighted by Crippen LogP contribution is 2.08. The number of carboxylic acid groups (broad SMARTS) is 1. The number of carbonyl (C=O) groups is 3. The Hall–Kier alpha value is -2.31. The zero-order valence-corrected chi connectivity index (χ0v) is 18.4. The summed E-state index contributed by atoms with van der Waals surface area (Å²) < 4.78 is 14.6. The number of esters is 1. The van der Waals surface area contributed by atoms with Crippen LogP contribution in [0.3, 0.4) is 0 Å².